The second-order valence-corrected chi connectivity index (χ2v) is 2.19. The minimum absolute atomic E-state index is 0.956. The van der Waals surface area contributed by atoms with E-state index < -0.39 is 0 Å². The maximum atomic E-state index is 5.19. The van der Waals surface area contributed by atoms with Gasteiger partial charge in [-0.25, -0.2) is 0 Å². The van der Waals surface area contributed by atoms with E-state index >= 15 is 0 Å². The Kier molecular flexibility index (Phi) is 2.29. The van der Waals surface area contributed by atoms with E-state index in [4.69, 9.17) is 5.84 Å². The minimum atomic E-state index is 0.956. The third-order valence-electron chi connectivity index (χ3n) is 1.53. The van der Waals surface area contributed by atoms with Crippen LogP contribution in [0.5, 0.6) is 0 Å². The van der Waals surface area contributed by atoms with Gasteiger partial charge in [0.25, 0.3) is 0 Å². The molecule has 0 amide bonds. The van der Waals surface area contributed by atoms with Crippen LogP contribution in [0.1, 0.15) is 12.5 Å². The van der Waals surface area contributed by atoms with Crippen molar-refractivity contribution in [2.75, 3.05) is 5.43 Å². The minimum Gasteiger partial charge on any atom is -0.324 e. The zero-order valence-corrected chi connectivity index (χ0v) is 6.09. The number of hydrazine groups is 1. The average molecular weight is 136 g/mol. The summed E-state index contributed by atoms with van der Waals surface area (Å²) in [6.45, 7) is 2.13. The number of nitrogen functional groups attached to an aromatic ring is 1. The molecule has 3 N–H and O–H groups in total. The molecule has 0 aromatic heterocycles. The predicted octanol–water partition coefficient (Wildman–Crippen LogP) is 1.53. The molecule has 0 radical (unpaired) electrons. The fraction of sp³-hybridized carbons (Fsp3) is 0.250. The molecule has 0 aliphatic carbocycles. The zero-order chi connectivity index (χ0) is 7.40. The summed E-state index contributed by atoms with van der Waals surface area (Å²) in [6.07, 6.45) is 1.07. The van der Waals surface area contributed by atoms with Crippen LogP contribution in [0.4, 0.5) is 5.69 Å². The first-order valence-corrected chi connectivity index (χ1v) is 3.42. The van der Waals surface area contributed by atoms with E-state index in [2.05, 4.69) is 24.5 Å². The highest BCUT2D eigenvalue weighted by Gasteiger charge is 1.87. The molecule has 0 heterocycles. The molecular formula is C8H12N2. The second kappa shape index (κ2) is 3.22. The van der Waals surface area contributed by atoms with E-state index in [9.17, 15) is 0 Å². The SMILES string of the molecule is CCc1ccc(NN)cc1. The monoisotopic (exact) mass is 136 g/mol. The molecule has 0 unspecified atom stereocenters. The molecule has 10 heavy (non-hydrogen) atoms. The van der Waals surface area contributed by atoms with Crippen molar-refractivity contribution in [3.8, 4) is 0 Å². The van der Waals surface area contributed by atoms with Crippen LogP contribution in [0.15, 0.2) is 24.3 Å². The van der Waals surface area contributed by atoms with Crippen LogP contribution in [0.2, 0.25) is 0 Å². The molecule has 0 fully saturated rings. The summed E-state index contributed by atoms with van der Waals surface area (Å²) < 4.78 is 0. The third kappa shape index (κ3) is 1.48. The Morgan fingerprint density at radius 3 is 2.30 bits per heavy atom. The highest BCUT2D eigenvalue weighted by atomic mass is 15.2. The number of aryl methyl sites for hydroxylation is 1. The molecule has 0 bridgehead atoms. The standard InChI is InChI=1S/C8H12N2/c1-2-7-3-5-8(10-9)6-4-7/h3-6,10H,2,9H2,1H3. The highest BCUT2D eigenvalue weighted by Crippen LogP contribution is 2.07. The lowest BCUT2D eigenvalue weighted by Gasteiger charge is -1.99. The molecule has 0 spiro atoms. The number of rotatable bonds is 2. The summed E-state index contributed by atoms with van der Waals surface area (Å²) in [4.78, 5) is 0. The first-order chi connectivity index (χ1) is 4.86. The van der Waals surface area contributed by atoms with Crippen molar-refractivity contribution in [2.24, 2.45) is 5.84 Å². The van der Waals surface area contributed by atoms with E-state index in [-0.39, 0.29) is 0 Å². The van der Waals surface area contributed by atoms with E-state index in [1.54, 1.807) is 0 Å². The summed E-state index contributed by atoms with van der Waals surface area (Å²) >= 11 is 0. The van der Waals surface area contributed by atoms with E-state index in [0.717, 1.165) is 12.1 Å². The average Bonchev–Trinajstić information content (AvgIpc) is 2.05. The molecule has 0 saturated heterocycles. The van der Waals surface area contributed by atoms with Crippen molar-refractivity contribution < 1.29 is 0 Å². The van der Waals surface area contributed by atoms with Gasteiger partial charge in [0, 0.05) is 5.69 Å². The number of anilines is 1. The Bertz CT molecular complexity index is 168. The largest absolute Gasteiger partial charge is 0.324 e. The summed E-state index contributed by atoms with van der Waals surface area (Å²) in [6, 6.07) is 8.07. The van der Waals surface area contributed by atoms with Gasteiger partial charge in [0.15, 0.2) is 0 Å². The third-order valence-corrected chi connectivity index (χ3v) is 1.53. The van der Waals surface area contributed by atoms with Crippen molar-refractivity contribution in [2.45, 2.75) is 13.3 Å². The zero-order valence-electron chi connectivity index (χ0n) is 6.09. The van der Waals surface area contributed by atoms with Gasteiger partial charge in [-0.1, -0.05) is 19.1 Å². The van der Waals surface area contributed by atoms with Gasteiger partial charge >= 0.3 is 0 Å². The normalized spacial score (nSPS) is 9.40. The van der Waals surface area contributed by atoms with Crippen LogP contribution in [0.3, 0.4) is 0 Å². The maximum Gasteiger partial charge on any atom is 0.0485 e. The molecule has 1 rings (SSSR count). The van der Waals surface area contributed by atoms with Gasteiger partial charge in [-0.15, -0.1) is 0 Å². The predicted molar refractivity (Wildman–Crippen MR) is 43.6 cm³/mol. The Hall–Kier alpha value is -1.02. The smallest absolute Gasteiger partial charge is 0.0485 e. The van der Waals surface area contributed by atoms with E-state index in [0.29, 0.717) is 0 Å². The van der Waals surface area contributed by atoms with E-state index in [1.165, 1.54) is 5.56 Å². The van der Waals surface area contributed by atoms with Crippen molar-refractivity contribution in [1.29, 1.82) is 0 Å². The topological polar surface area (TPSA) is 38.0 Å². The van der Waals surface area contributed by atoms with Crippen LogP contribution < -0.4 is 11.3 Å². The van der Waals surface area contributed by atoms with Crippen molar-refractivity contribution in [3.63, 3.8) is 0 Å². The fourth-order valence-corrected chi connectivity index (χ4v) is 0.837. The van der Waals surface area contributed by atoms with Crippen LogP contribution in [-0.2, 0) is 6.42 Å². The number of nitrogens with two attached hydrogens (primary N) is 1. The number of benzene rings is 1. The summed E-state index contributed by atoms with van der Waals surface area (Å²) in [5.74, 6) is 5.19. The number of hydrogen-bond acceptors (Lipinski definition) is 2. The first-order valence-electron chi connectivity index (χ1n) is 3.42. The molecule has 2 heteroatoms. The van der Waals surface area contributed by atoms with Crippen LogP contribution >= 0.6 is 0 Å². The van der Waals surface area contributed by atoms with Gasteiger partial charge < -0.3 is 5.43 Å². The van der Waals surface area contributed by atoms with Crippen molar-refractivity contribution in [3.05, 3.63) is 29.8 Å². The van der Waals surface area contributed by atoms with Gasteiger partial charge in [-0.3, -0.25) is 5.84 Å². The molecule has 1 aromatic carbocycles. The van der Waals surface area contributed by atoms with Gasteiger partial charge in [-0.2, -0.15) is 0 Å². The first kappa shape index (κ1) is 7.09. The lowest BCUT2D eigenvalue weighted by Crippen LogP contribution is -2.06. The lowest BCUT2D eigenvalue weighted by molar-refractivity contribution is 1.14. The molecule has 2 nitrogen and oxygen atoms in total. The molecule has 0 aliphatic heterocycles. The molecule has 0 saturated carbocycles. The highest BCUT2D eigenvalue weighted by molar-refractivity contribution is 5.43. The lowest BCUT2D eigenvalue weighted by atomic mass is 10.2. The Morgan fingerprint density at radius 2 is 1.90 bits per heavy atom. The Balaban J connectivity index is 2.80. The summed E-state index contributed by atoms with van der Waals surface area (Å²) in [5, 5.41) is 0. The van der Waals surface area contributed by atoms with Gasteiger partial charge in [0.2, 0.25) is 0 Å². The molecule has 0 atom stereocenters. The van der Waals surface area contributed by atoms with Crippen molar-refractivity contribution >= 4 is 5.69 Å². The summed E-state index contributed by atoms with van der Waals surface area (Å²) in [5.41, 5.74) is 4.87. The van der Waals surface area contributed by atoms with Gasteiger partial charge in [-0.05, 0) is 24.1 Å². The maximum absolute atomic E-state index is 5.19. The van der Waals surface area contributed by atoms with E-state index in [1.807, 2.05) is 12.1 Å². The van der Waals surface area contributed by atoms with Gasteiger partial charge in [0.1, 0.15) is 0 Å². The second-order valence-electron chi connectivity index (χ2n) is 2.19. The quantitative estimate of drug-likeness (QED) is 0.478. The number of nitrogens with one attached hydrogen (secondary N) is 1. The van der Waals surface area contributed by atoms with Crippen molar-refractivity contribution in [1.82, 2.24) is 0 Å². The molecule has 0 aliphatic rings. The Morgan fingerprint density at radius 1 is 1.30 bits per heavy atom. The van der Waals surface area contributed by atoms with Crippen LogP contribution in [-0.4, -0.2) is 0 Å². The van der Waals surface area contributed by atoms with Crippen LogP contribution in [0, 0.1) is 0 Å². The molecular weight excluding hydrogens is 124 g/mol. The van der Waals surface area contributed by atoms with Gasteiger partial charge in [0.05, 0.1) is 0 Å². The molecule has 1 aromatic rings. The van der Waals surface area contributed by atoms with Crippen LogP contribution in [0.25, 0.3) is 0 Å². The number of hydrogen-bond donors (Lipinski definition) is 2. The summed E-state index contributed by atoms with van der Waals surface area (Å²) in [7, 11) is 0. The Labute approximate surface area is 61.0 Å². The molecule has 54 valence electrons. The fourth-order valence-electron chi connectivity index (χ4n) is 0.837.